The summed E-state index contributed by atoms with van der Waals surface area (Å²) in [6.45, 7) is 0. The SMILES string of the molecule is O=C(CSc1nc2ccccc2s1)NC1CCC2C(C1)NC(=O)C1CCCCC12. The van der Waals surface area contributed by atoms with Crippen LogP contribution >= 0.6 is 23.1 Å². The van der Waals surface area contributed by atoms with Crippen molar-refractivity contribution >= 4 is 45.1 Å². The standard InChI is InChI=1S/C22H27N3O2S2/c26-20(12-28-22-25-17-7-3-4-8-19(17)29-22)23-13-9-10-15-14-5-1-2-6-16(14)21(27)24-18(15)11-13/h3-4,7-8,13-16,18H,1-2,5-6,9-12H2,(H,23,26)(H,24,27). The number of thioether (sulfide) groups is 1. The Balaban J connectivity index is 1.14. The number of benzene rings is 1. The van der Waals surface area contributed by atoms with Gasteiger partial charge in [0.15, 0.2) is 4.34 Å². The first-order valence-electron chi connectivity index (χ1n) is 10.8. The lowest BCUT2D eigenvalue weighted by Crippen LogP contribution is -2.59. The van der Waals surface area contributed by atoms with E-state index in [9.17, 15) is 9.59 Å². The Morgan fingerprint density at radius 3 is 2.93 bits per heavy atom. The van der Waals surface area contributed by atoms with Crippen molar-refractivity contribution < 1.29 is 9.59 Å². The van der Waals surface area contributed by atoms with E-state index in [-0.39, 0.29) is 29.8 Å². The maximum Gasteiger partial charge on any atom is 0.230 e. The molecule has 1 aromatic heterocycles. The summed E-state index contributed by atoms with van der Waals surface area (Å²) in [4.78, 5) is 29.6. The van der Waals surface area contributed by atoms with E-state index < -0.39 is 0 Å². The van der Waals surface area contributed by atoms with Gasteiger partial charge in [0.2, 0.25) is 11.8 Å². The number of para-hydroxylation sites is 1. The van der Waals surface area contributed by atoms with E-state index in [1.165, 1.54) is 31.0 Å². The van der Waals surface area contributed by atoms with Gasteiger partial charge in [0, 0.05) is 18.0 Å². The number of carbonyl (C=O) groups excluding carboxylic acids is 2. The van der Waals surface area contributed by atoms with Gasteiger partial charge in [-0.15, -0.1) is 11.3 Å². The van der Waals surface area contributed by atoms with Crippen LogP contribution in [0.5, 0.6) is 0 Å². The molecule has 0 bridgehead atoms. The van der Waals surface area contributed by atoms with Crippen LogP contribution in [-0.4, -0.2) is 34.6 Å². The molecular formula is C22H27N3O2S2. The summed E-state index contributed by atoms with van der Waals surface area (Å²) in [5.41, 5.74) is 0.993. The maximum atomic E-state index is 12.5. The highest BCUT2D eigenvalue weighted by atomic mass is 32.2. The average Bonchev–Trinajstić information content (AvgIpc) is 3.15. The molecule has 154 valence electrons. The Morgan fingerprint density at radius 1 is 1.17 bits per heavy atom. The molecule has 2 N–H and O–H groups in total. The minimum absolute atomic E-state index is 0.0652. The Kier molecular flexibility index (Phi) is 5.52. The summed E-state index contributed by atoms with van der Waals surface area (Å²) >= 11 is 3.14. The third kappa shape index (κ3) is 4.04. The summed E-state index contributed by atoms with van der Waals surface area (Å²) in [7, 11) is 0. The molecule has 5 nitrogen and oxygen atoms in total. The van der Waals surface area contributed by atoms with Crippen LogP contribution in [0, 0.1) is 17.8 Å². The van der Waals surface area contributed by atoms with Crippen molar-refractivity contribution in [3.63, 3.8) is 0 Å². The second-order valence-corrected chi connectivity index (χ2v) is 10.9. The van der Waals surface area contributed by atoms with Crippen LogP contribution in [0.4, 0.5) is 0 Å². The lowest BCUT2D eigenvalue weighted by molar-refractivity contribution is -0.135. The Morgan fingerprint density at radius 2 is 2.03 bits per heavy atom. The molecule has 2 amide bonds. The Bertz CT molecular complexity index is 881. The molecule has 2 aromatic rings. The number of thiazole rings is 1. The summed E-state index contributed by atoms with van der Waals surface area (Å²) in [6.07, 6.45) is 7.73. The lowest BCUT2D eigenvalue weighted by Gasteiger charge is -2.49. The van der Waals surface area contributed by atoms with Gasteiger partial charge in [-0.1, -0.05) is 36.7 Å². The number of aromatic nitrogens is 1. The number of hydrogen-bond donors (Lipinski definition) is 2. The van der Waals surface area contributed by atoms with Gasteiger partial charge in [-0.25, -0.2) is 4.98 Å². The van der Waals surface area contributed by atoms with Crippen LogP contribution in [-0.2, 0) is 9.59 Å². The molecule has 3 fully saturated rings. The molecule has 0 spiro atoms. The third-order valence-corrected chi connectivity index (χ3v) is 9.08. The van der Waals surface area contributed by atoms with Crippen molar-refractivity contribution in [2.45, 2.75) is 61.4 Å². The topological polar surface area (TPSA) is 71.1 Å². The zero-order chi connectivity index (χ0) is 19.8. The number of piperidine rings is 1. The van der Waals surface area contributed by atoms with Crippen molar-refractivity contribution in [1.29, 1.82) is 0 Å². The van der Waals surface area contributed by atoms with E-state index in [4.69, 9.17) is 0 Å². The molecule has 2 heterocycles. The molecule has 2 aliphatic carbocycles. The van der Waals surface area contributed by atoms with Gasteiger partial charge >= 0.3 is 0 Å². The third-order valence-electron chi connectivity index (χ3n) is 6.90. The predicted molar refractivity (Wildman–Crippen MR) is 117 cm³/mol. The summed E-state index contributed by atoms with van der Waals surface area (Å²) in [5.74, 6) is 2.12. The van der Waals surface area contributed by atoms with E-state index in [0.717, 1.165) is 40.2 Å². The van der Waals surface area contributed by atoms with Crippen molar-refractivity contribution in [3.05, 3.63) is 24.3 Å². The second kappa shape index (κ2) is 8.26. The van der Waals surface area contributed by atoms with Gasteiger partial charge in [0.05, 0.1) is 16.0 Å². The van der Waals surface area contributed by atoms with E-state index >= 15 is 0 Å². The zero-order valence-corrected chi connectivity index (χ0v) is 18.1. The van der Waals surface area contributed by atoms with E-state index in [1.807, 2.05) is 18.2 Å². The number of carbonyl (C=O) groups is 2. The normalized spacial score (nSPS) is 31.6. The molecule has 29 heavy (non-hydrogen) atoms. The fourth-order valence-corrected chi connectivity index (χ4v) is 7.48. The minimum Gasteiger partial charge on any atom is -0.353 e. The molecule has 5 atom stereocenters. The fraction of sp³-hybridized carbons (Fsp3) is 0.591. The number of amides is 2. The molecule has 1 aromatic carbocycles. The van der Waals surface area contributed by atoms with E-state index in [1.54, 1.807) is 11.3 Å². The summed E-state index contributed by atoms with van der Waals surface area (Å²) in [5, 5.41) is 6.50. The van der Waals surface area contributed by atoms with Crippen LogP contribution in [0.2, 0.25) is 0 Å². The molecule has 5 unspecified atom stereocenters. The van der Waals surface area contributed by atoms with E-state index in [2.05, 4.69) is 21.7 Å². The van der Waals surface area contributed by atoms with Gasteiger partial charge in [0.25, 0.3) is 0 Å². The minimum atomic E-state index is 0.0652. The zero-order valence-electron chi connectivity index (χ0n) is 16.4. The smallest absolute Gasteiger partial charge is 0.230 e. The molecular weight excluding hydrogens is 402 g/mol. The molecule has 5 rings (SSSR count). The first kappa shape index (κ1) is 19.4. The van der Waals surface area contributed by atoms with Gasteiger partial charge in [-0.3, -0.25) is 9.59 Å². The first-order valence-corrected chi connectivity index (χ1v) is 12.6. The Hall–Kier alpha value is -1.60. The van der Waals surface area contributed by atoms with Gasteiger partial charge in [-0.2, -0.15) is 0 Å². The van der Waals surface area contributed by atoms with Crippen LogP contribution < -0.4 is 10.6 Å². The quantitative estimate of drug-likeness (QED) is 0.721. The monoisotopic (exact) mass is 429 g/mol. The van der Waals surface area contributed by atoms with Crippen molar-refractivity contribution in [3.8, 4) is 0 Å². The second-order valence-electron chi connectivity index (χ2n) is 8.65. The number of nitrogens with one attached hydrogen (secondary N) is 2. The summed E-state index contributed by atoms with van der Waals surface area (Å²) < 4.78 is 2.09. The molecule has 1 saturated heterocycles. The number of rotatable bonds is 4. The predicted octanol–water partition coefficient (Wildman–Crippen LogP) is 3.98. The van der Waals surface area contributed by atoms with Gasteiger partial charge < -0.3 is 10.6 Å². The fourth-order valence-electron chi connectivity index (χ4n) is 5.60. The molecule has 2 saturated carbocycles. The highest BCUT2D eigenvalue weighted by Crippen LogP contribution is 2.44. The van der Waals surface area contributed by atoms with Crippen LogP contribution in [0.3, 0.4) is 0 Å². The van der Waals surface area contributed by atoms with Crippen LogP contribution in [0.25, 0.3) is 10.2 Å². The highest BCUT2D eigenvalue weighted by Gasteiger charge is 2.46. The molecule has 3 aliphatic rings. The van der Waals surface area contributed by atoms with Crippen molar-refractivity contribution in [2.24, 2.45) is 17.8 Å². The van der Waals surface area contributed by atoms with Crippen molar-refractivity contribution in [2.75, 3.05) is 5.75 Å². The number of fused-ring (bicyclic) bond motifs is 4. The molecule has 7 heteroatoms. The summed E-state index contributed by atoms with van der Waals surface area (Å²) in [6, 6.07) is 8.46. The first-order chi connectivity index (χ1) is 14.2. The van der Waals surface area contributed by atoms with Crippen LogP contribution in [0.15, 0.2) is 28.6 Å². The lowest BCUT2D eigenvalue weighted by atomic mass is 9.63. The van der Waals surface area contributed by atoms with Crippen LogP contribution in [0.1, 0.15) is 44.9 Å². The van der Waals surface area contributed by atoms with Crippen molar-refractivity contribution in [1.82, 2.24) is 15.6 Å². The number of nitrogens with zero attached hydrogens (tertiary/aromatic N) is 1. The largest absolute Gasteiger partial charge is 0.353 e. The van der Waals surface area contributed by atoms with Gasteiger partial charge in [0.1, 0.15) is 0 Å². The maximum absolute atomic E-state index is 12.5. The molecule has 1 aliphatic heterocycles. The van der Waals surface area contributed by atoms with Gasteiger partial charge in [-0.05, 0) is 56.1 Å². The molecule has 0 radical (unpaired) electrons. The van der Waals surface area contributed by atoms with E-state index in [0.29, 0.717) is 17.6 Å². The number of hydrogen-bond acceptors (Lipinski definition) is 5. The highest BCUT2D eigenvalue weighted by molar-refractivity contribution is 8.01. The Labute approximate surface area is 179 Å². The average molecular weight is 430 g/mol.